The van der Waals surface area contributed by atoms with Gasteiger partial charge in [-0.15, -0.1) is 11.8 Å². The van der Waals surface area contributed by atoms with Crippen LogP contribution in [-0.4, -0.2) is 17.6 Å². The molecule has 126 valence electrons. The second kappa shape index (κ2) is 8.35. The summed E-state index contributed by atoms with van der Waals surface area (Å²) in [5.41, 5.74) is 8.54. The quantitative estimate of drug-likeness (QED) is 0.597. The van der Waals surface area contributed by atoms with Gasteiger partial charge in [-0.1, -0.05) is 33.6 Å². The van der Waals surface area contributed by atoms with Crippen LogP contribution in [0.15, 0.2) is 45.8 Å². The molecule has 0 aliphatic rings. The molecular weight excluding hydrogens is 388 g/mol. The van der Waals surface area contributed by atoms with E-state index in [0.29, 0.717) is 5.56 Å². The van der Waals surface area contributed by atoms with Crippen LogP contribution in [-0.2, 0) is 4.79 Å². The van der Waals surface area contributed by atoms with E-state index in [0.717, 1.165) is 26.1 Å². The van der Waals surface area contributed by atoms with Crippen LogP contribution in [0.25, 0.3) is 0 Å². The Morgan fingerprint density at radius 3 is 2.42 bits per heavy atom. The summed E-state index contributed by atoms with van der Waals surface area (Å²) in [6.45, 7) is 5.83. The summed E-state index contributed by atoms with van der Waals surface area (Å²) in [6.07, 6.45) is 0. The highest BCUT2D eigenvalue weighted by Crippen LogP contribution is 2.25. The monoisotopic (exact) mass is 406 g/mol. The number of carbonyl (C=O) groups is 2. The number of aryl methyl sites for hydroxylation is 3. The molecular formula is C18H19BrN2O2S. The first-order valence-corrected chi connectivity index (χ1v) is 9.20. The van der Waals surface area contributed by atoms with Crippen molar-refractivity contribution in [2.24, 2.45) is 0 Å². The maximum absolute atomic E-state index is 12.1. The van der Waals surface area contributed by atoms with E-state index in [1.54, 1.807) is 6.07 Å². The highest BCUT2D eigenvalue weighted by atomic mass is 79.9. The minimum atomic E-state index is -0.314. The van der Waals surface area contributed by atoms with Crippen molar-refractivity contribution in [2.75, 3.05) is 5.75 Å². The van der Waals surface area contributed by atoms with E-state index < -0.39 is 0 Å². The van der Waals surface area contributed by atoms with Crippen molar-refractivity contribution in [3.8, 4) is 0 Å². The standard InChI is InChI=1S/C18H19BrN2O2S/c1-11-4-6-15(12(2)8-11)18(23)21-20-17(22)10-24-16-7-5-14(19)9-13(16)3/h4-9H,10H2,1-3H3,(H,20,22)(H,21,23). The molecule has 0 aromatic heterocycles. The average Bonchev–Trinajstić information content (AvgIpc) is 2.51. The second-order valence-corrected chi connectivity index (χ2v) is 7.45. The van der Waals surface area contributed by atoms with E-state index in [4.69, 9.17) is 0 Å². The van der Waals surface area contributed by atoms with E-state index in [-0.39, 0.29) is 17.6 Å². The average molecular weight is 407 g/mol. The maximum Gasteiger partial charge on any atom is 0.269 e. The third-order valence-corrected chi connectivity index (χ3v) is 5.11. The van der Waals surface area contributed by atoms with Crippen molar-refractivity contribution < 1.29 is 9.59 Å². The van der Waals surface area contributed by atoms with Gasteiger partial charge < -0.3 is 0 Å². The minimum absolute atomic E-state index is 0.232. The summed E-state index contributed by atoms with van der Waals surface area (Å²) < 4.78 is 1.01. The number of halogens is 1. The number of hydrogen-bond acceptors (Lipinski definition) is 3. The van der Waals surface area contributed by atoms with E-state index in [1.165, 1.54) is 11.8 Å². The molecule has 0 unspecified atom stereocenters. The molecule has 0 atom stereocenters. The lowest BCUT2D eigenvalue weighted by Gasteiger charge is -2.10. The summed E-state index contributed by atoms with van der Waals surface area (Å²) in [5, 5.41) is 0. The van der Waals surface area contributed by atoms with Crippen molar-refractivity contribution >= 4 is 39.5 Å². The molecule has 0 aliphatic heterocycles. The predicted molar refractivity (Wildman–Crippen MR) is 101 cm³/mol. The van der Waals surface area contributed by atoms with Gasteiger partial charge in [0, 0.05) is 14.9 Å². The highest BCUT2D eigenvalue weighted by Gasteiger charge is 2.10. The van der Waals surface area contributed by atoms with Gasteiger partial charge in [-0.25, -0.2) is 0 Å². The molecule has 0 aliphatic carbocycles. The zero-order valence-electron chi connectivity index (χ0n) is 13.8. The summed E-state index contributed by atoms with van der Waals surface area (Å²) in [6, 6.07) is 11.5. The molecule has 2 N–H and O–H groups in total. The molecule has 0 fully saturated rings. The molecule has 0 saturated carbocycles. The highest BCUT2D eigenvalue weighted by molar-refractivity contribution is 9.10. The van der Waals surface area contributed by atoms with E-state index >= 15 is 0 Å². The lowest BCUT2D eigenvalue weighted by Crippen LogP contribution is -2.42. The summed E-state index contributed by atoms with van der Waals surface area (Å²) in [5.74, 6) is -0.332. The molecule has 2 aromatic rings. The van der Waals surface area contributed by atoms with Crippen LogP contribution in [0.3, 0.4) is 0 Å². The molecule has 24 heavy (non-hydrogen) atoms. The van der Waals surface area contributed by atoms with Crippen molar-refractivity contribution in [1.82, 2.24) is 10.9 Å². The SMILES string of the molecule is Cc1ccc(C(=O)NNC(=O)CSc2ccc(Br)cc2C)c(C)c1. The number of rotatable bonds is 4. The second-order valence-electron chi connectivity index (χ2n) is 5.52. The van der Waals surface area contributed by atoms with Gasteiger partial charge in [-0.05, 0) is 56.2 Å². The van der Waals surface area contributed by atoms with Gasteiger partial charge in [0.05, 0.1) is 5.75 Å². The molecule has 6 heteroatoms. The number of thioether (sulfide) groups is 1. The lowest BCUT2D eigenvalue weighted by atomic mass is 10.1. The Hall–Kier alpha value is -1.79. The van der Waals surface area contributed by atoms with Gasteiger partial charge in [0.25, 0.3) is 5.91 Å². The minimum Gasteiger partial charge on any atom is -0.272 e. The maximum atomic E-state index is 12.1. The van der Waals surface area contributed by atoms with Crippen molar-refractivity contribution in [3.05, 3.63) is 63.1 Å². The van der Waals surface area contributed by atoms with Crippen molar-refractivity contribution in [3.63, 3.8) is 0 Å². The van der Waals surface area contributed by atoms with Crippen LogP contribution in [0.5, 0.6) is 0 Å². The smallest absolute Gasteiger partial charge is 0.269 e. The molecule has 2 rings (SSSR count). The van der Waals surface area contributed by atoms with Gasteiger partial charge in [0.15, 0.2) is 0 Å². The topological polar surface area (TPSA) is 58.2 Å². The fourth-order valence-electron chi connectivity index (χ4n) is 2.22. The molecule has 0 saturated heterocycles. The van der Waals surface area contributed by atoms with E-state index in [9.17, 15) is 9.59 Å². The number of carbonyl (C=O) groups excluding carboxylic acids is 2. The first kappa shape index (κ1) is 18.5. The van der Waals surface area contributed by atoms with Crippen LogP contribution in [0.1, 0.15) is 27.0 Å². The Morgan fingerprint density at radius 1 is 1.00 bits per heavy atom. The van der Waals surface area contributed by atoms with Crippen LogP contribution in [0.4, 0.5) is 0 Å². The fraction of sp³-hybridized carbons (Fsp3) is 0.222. The Balaban J connectivity index is 1.85. The number of hydrogen-bond donors (Lipinski definition) is 2. The fourth-order valence-corrected chi connectivity index (χ4v) is 3.50. The van der Waals surface area contributed by atoms with Gasteiger partial charge in [0.1, 0.15) is 0 Å². The van der Waals surface area contributed by atoms with Crippen LogP contribution < -0.4 is 10.9 Å². The first-order chi connectivity index (χ1) is 11.4. The molecule has 0 heterocycles. The van der Waals surface area contributed by atoms with Crippen LogP contribution in [0, 0.1) is 20.8 Å². The van der Waals surface area contributed by atoms with Crippen LogP contribution >= 0.6 is 27.7 Å². The lowest BCUT2D eigenvalue weighted by molar-refractivity contribution is -0.119. The summed E-state index contributed by atoms with van der Waals surface area (Å²) in [7, 11) is 0. The summed E-state index contributed by atoms with van der Waals surface area (Å²) >= 11 is 4.85. The van der Waals surface area contributed by atoms with Gasteiger partial charge in [-0.2, -0.15) is 0 Å². The normalized spacial score (nSPS) is 10.3. The van der Waals surface area contributed by atoms with Crippen molar-refractivity contribution in [2.45, 2.75) is 25.7 Å². The van der Waals surface area contributed by atoms with Gasteiger partial charge in [-0.3, -0.25) is 20.4 Å². The Bertz CT molecular complexity index is 778. The number of amides is 2. The largest absolute Gasteiger partial charge is 0.272 e. The van der Waals surface area contributed by atoms with Gasteiger partial charge in [0.2, 0.25) is 5.91 Å². The number of nitrogens with one attached hydrogen (secondary N) is 2. The number of hydrazine groups is 1. The molecule has 0 radical (unpaired) electrons. The van der Waals surface area contributed by atoms with Crippen LogP contribution in [0.2, 0.25) is 0 Å². The summed E-state index contributed by atoms with van der Waals surface area (Å²) in [4.78, 5) is 25.1. The molecule has 2 amide bonds. The number of benzene rings is 2. The molecule has 0 spiro atoms. The molecule has 4 nitrogen and oxygen atoms in total. The third-order valence-electron chi connectivity index (χ3n) is 3.44. The van der Waals surface area contributed by atoms with E-state index in [2.05, 4.69) is 26.8 Å². The Labute approximate surface area is 154 Å². The molecule has 0 bridgehead atoms. The van der Waals surface area contributed by atoms with E-state index in [1.807, 2.05) is 51.1 Å². The van der Waals surface area contributed by atoms with Gasteiger partial charge >= 0.3 is 0 Å². The zero-order chi connectivity index (χ0) is 17.7. The van der Waals surface area contributed by atoms with Crippen molar-refractivity contribution in [1.29, 1.82) is 0 Å². The Kier molecular flexibility index (Phi) is 6.45. The predicted octanol–water partition coefficient (Wildman–Crippen LogP) is 3.93. The molecule has 2 aromatic carbocycles. The zero-order valence-corrected chi connectivity index (χ0v) is 16.2. The third kappa shape index (κ3) is 5.11. The Morgan fingerprint density at radius 2 is 1.75 bits per heavy atom. The first-order valence-electron chi connectivity index (χ1n) is 7.42.